The molecule has 2 aromatic carbocycles. The van der Waals surface area contributed by atoms with Gasteiger partial charge in [0.1, 0.15) is 0 Å². The van der Waals surface area contributed by atoms with Crippen molar-refractivity contribution in [2.24, 2.45) is 0 Å². The number of quaternary nitrogens is 1. The van der Waals surface area contributed by atoms with E-state index in [-0.39, 0.29) is 5.91 Å². The first-order chi connectivity index (χ1) is 12.7. The molecule has 1 aliphatic rings. The molecular formula is C21H25ClN3O+. The zero-order valence-electron chi connectivity index (χ0n) is 15.0. The Kier molecular flexibility index (Phi) is 6.31. The molecule has 0 radical (unpaired) electrons. The molecule has 26 heavy (non-hydrogen) atoms. The molecule has 4 nitrogen and oxygen atoms in total. The number of carbonyl (C=O) groups is 1. The van der Waals surface area contributed by atoms with Crippen molar-refractivity contribution < 1.29 is 9.69 Å². The Morgan fingerprint density at radius 3 is 2.54 bits per heavy atom. The second-order valence-corrected chi connectivity index (χ2v) is 6.92. The lowest BCUT2D eigenvalue weighted by atomic mass is 10.2. The Morgan fingerprint density at radius 1 is 1.15 bits per heavy atom. The molecule has 1 saturated heterocycles. The molecule has 3 rings (SSSR count). The van der Waals surface area contributed by atoms with E-state index in [4.69, 9.17) is 11.6 Å². The summed E-state index contributed by atoms with van der Waals surface area (Å²) < 4.78 is 0. The highest BCUT2D eigenvalue weighted by molar-refractivity contribution is 6.30. The Labute approximate surface area is 160 Å². The summed E-state index contributed by atoms with van der Waals surface area (Å²) in [5.41, 5.74) is 2.89. The van der Waals surface area contributed by atoms with E-state index in [1.807, 2.05) is 42.5 Å². The summed E-state index contributed by atoms with van der Waals surface area (Å²) in [6, 6.07) is 15.4. The summed E-state index contributed by atoms with van der Waals surface area (Å²) >= 11 is 5.88. The normalized spacial score (nSPS) is 15.4. The molecule has 1 amide bonds. The van der Waals surface area contributed by atoms with E-state index in [9.17, 15) is 4.79 Å². The number of para-hydroxylation sites is 2. The fourth-order valence-corrected chi connectivity index (χ4v) is 3.32. The van der Waals surface area contributed by atoms with Crippen LogP contribution in [-0.4, -0.2) is 38.6 Å². The van der Waals surface area contributed by atoms with E-state index in [1.165, 1.54) is 6.54 Å². The van der Waals surface area contributed by atoms with Crippen molar-refractivity contribution in [2.45, 2.75) is 6.92 Å². The number of nitrogens with one attached hydrogen (secondary N) is 2. The van der Waals surface area contributed by atoms with Crippen molar-refractivity contribution in [3.8, 4) is 0 Å². The van der Waals surface area contributed by atoms with Gasteiger partial charge in [0.15, 0.2) is 0 Å². The Morgan fingerprint density at radius 2 is 1.85 bits per heavy atom. The molecule has 5 heteroatoms. The van der Waals surface area contributed by atoms with Crippen LogP contribution < -0.4 is 15.1 Å². The van der Waals surface area contributed by atoms with Gasteiger partial charge in [-0.05, 0) is 42.8 Å². The lowest BCUT2D eigenvalue weighted by molar-refractivity contribution is -0.898. The Hall–Kier alpha value is -2.30. The summed E-state index contributed by atoms with van der Waals surface area (Å²) in [6.45, 7) is 7.69. The largest absolute Gasteiger partial charge is 0.359 e. The first-order valence-corrected chi connectivity index (χ1v) is 9.45. The average Bonchev–Trinajstić information content (AvgIpc) is 2.68. The predicted octanol–water partition coefficient (Wildman–Crippen LogP) is 2.72. The number of anilines is 2. The number of amides is 1. The Balaban J connectivity index is 1.66. The number of halogens is 1. The third-order valence-corrected chi connectivity index (χ3v) is 5.02. The van der Waals surface area contributed by atoms with Gasteiger partial charge in [0.05, 0.1) is 44.1 Å². The van der Waals surface area contributed by atoms with Gasteiger partial charge in [0.2, 0.25) is 5.91 Å². The van der Waals surface area contributed by atoms with Crippen LogP contribution in [0, 0.1) is 0 Å². The number of hydrogen-bond acceptors (Lipinski definition) is 2. The van der Waals surface area contributed by atoms with Gasteiger partial charge in [-0.1, -0.05) is 35.9 Å². The van der Waals surface area contributed by atoms with E-state index in [1.54, 1.807) is 17.1 Å². The lowest BCUT2D eigenvalue weighted by Crippen LogP contribution is -3.14. The second-order valence-electron chi connectivity index (χ2n) is 6.48. The minimum absolute atomic E-state index is 0.134. The highest BCUT2D eigenvalue weighted by atomic mass is 35.5. The summed E-state index contributed by atoms with van der Waals surface area (Å²) in [6.07, 6.45) is 3.34. The third-order valence-electron chi connectivity index (χ3n) is 4.77. The second kappa shape index (κ2) is 8.88. The molecule has 1 fully saturated rings. The van der Waals surface area contributed by atoms with Crippen LogP contribution in [0.4, 0.5) is 11.4 Å². The van der Waals surface area contributed by atoms with Gasteiger partial charge in [0, 0.05) is 11.1 Å². The number of carbonyl (C=O) groups excluding carboxylic acids is 1. The van der Waals surface area contributed by atoms with Gasteiger partial charge in [-0.15, -0.1) is 0 Å². The molecule has 2 N–H and O–H groups in total. The first kappa shape index (κ1) is 18.5. The number of benzene rings is 2. The van der Waals surface area contributed by atoms with Crippen molar-refractivity contribution in [1.29, 1.82) is 0 Å². The van der Waals surface area contributed by atoms with Crippen LogP contribution in [-0.2, 0) is 4.79 Å². The summed E-state index contributed by atoms with van der Waals surface area (Å²) in [5.74, 6) is -0.134. The van der Waals surface area contributed by atoms with Crippen LogP contribution in [0.1, 0.15) is 12.5 Å². The van der Waals surface area contributed by atoms with Crippen LogP contribution in [0.3, 0.4) is 0 Å². The molecule has 0 bridgehead atoms. The molecule has 0 unspecified atom stereocenters. The fraction of sp³-hybridized carbons (Fsp3) is 0.286. The van der Waals surface area contributed by atoms with Gasteiger partial charge in [-0.2, -0.15) is 0 Å². The van der Waals surface area contributed by atoms with Crippen LogP contribution in [0.25, 0.3) is 6.08 Å². The van der Waals surface area contributed by atoms with Gasteiger partial charge < -0.3 is 15.1 Å². The highest BCUT2D eigenvalue weighted by Crippen LogP contribution is 2.25. The van der Waals surface area contributed by atoms with Crippen molar-refractivity contribution in [3.05, 3.63) is 65.2 Å². The smallest absolute Gasteiger partial charge is 0.248 e. The Bertz CT molecular complexity index is 765. The van der Waals surface area contributed by atoms with Gasteiger partial charge in [-0.3, -0.25) is 4.79 Å². The number of likely N-dealkylation sites (N-methyl/N-ethyl adjacent to an activating group) is 1. The maximum atomic E-state index is 12.3. The number of rotatable bonds is 5. The molecular weight excluding hydrogens is 346 g/mol. The third kappa shape index (κ3) is 4.87. The van der Waals surface area contributed by atoms with Crippen LogP contribution in [0.2, 0.25) is 5.02 Å². The van der Waals surface area contributed by atoms with Crippen molar-refractivity contribution in [3.63, 3.8) is 0 Å². The van der Waals surface area contributed by atoms with Crippen molar-refractivity contribution in [1.82, 2.24) is 0 Å². The van der Waals surface area contributed by atoms with Crippen LogP contribution in [0.15, 0.2) is 54.6 Å². The van der Waals surface area contributed by atoms with Gasteiger partial charge in [0.25, 0.3) is 0 Å². The molecule has 2 aromatic rings. The van der Waals surface area contributed by atoms with E-state index >= 15 is 0 Å². The van der Waals surface area contributed by atoms with Crippen LogP contribution >= 0.6 is 11.6 Å². The molecule has 0 aliphatic carbocycles. The maximum absolute atomic E-state index is 12.3. The molecule has 0 atom stereocenters. The van der Waals surface area contributed by atoms with E-state index in [2.05, 4.69) is 23.2 Å². The van der Waals surface area contributed by atoms with Gasteiger partial charge >= 0.3 is 0 Å². The zero-order chi connectivity index (χ0) is 18.4. The summed E-state index contributed by atoms with van der Waals surface area (Å²) in [5, 5.41) is 3.70. The predicted molar refractivity (Wildman–Crippen MR) is 109 cm³/mol. The summed E-state index contributed by atoms with van der Waals surface area (Å²) in [7, 11) is 0. The van der Waals surface area contributed by atoms with Crippen molar-refractivity contribution in [2.75, 3.05) is 42.9 Å². The van der Waals surface area contributed by atoms with Crippen molar-refractivity contribution >= 4 is 35.0 Å². The summed E-state index contributed by atoms with van der Waals surface area (Å²) in [4.78, 5) is 16.3. The fourth-order valence-electron chi connectivity index (χ4n) is 3.19. The van der Waals surface area contributed by atoms with Crippen LogP contribution in [0.5, 0.6) is 0 Å². The molecule has 0 saturated carbocycles. The number of piperazine rings is 1. The maximum Gasteiger partial charge on any atom is 0.248 e. The molecule has 136 valence electrons. The number of hydrogen-bond donors (Lipinski definition) is 2. The standard InChI is InChI=1S/C21H24ClN3O/c1-2-24-13-15-25(16-14-24)20-6-4-3-5-19(20)23-21(26)12-9-17-7-10-18(22)11-8-17/h3-12H,2,13-16H2,1H3,(H,23,26)/p+1/b12-9+. The minimum atomic E-state index is -0.134. The molecule has 1 heterocycles. The zero-order valence-corrected chi connectivity index (χ0v) is 15.8. The number of nitrogens with zero attached hydrogens (tertiary/aromatic N) is 1. The van der Waals surface area contributed by atoms with E-state index in [0.717, 1.165) is 43.1 Å². The average molecular weight is 371 g/mol. The molecule has 1 aliphatic heterocycles. The molecule has 0 spiro atoms. The monoisotopic (exact) mass is 370 g/mol. The highest BCUT2D eigenvalue weighted by Gasteiger charge is 2.20. The van der Waals surface area contributed by atoms with E-state index < -0.39 is 0 Å². The SMILES string of the molecule is CC[NH+]1CCN(c2ccccc2NC(=O)/C=C/c2ccc(Cl)cc2)CC1. The quantitative estimate of drug-likeness (QED) is 0.794. The minimum Gasteiger partial charge on any atom is -0.359 e. The first-order valence-electron chi connectivity index (χ1n) is 9.08. The lowest BCUT2D eigenvalue weighted by Gasteiger charge is -2.34. The van der Waals surface area contributed by atoms with Gasteiger partial charge in [-0.25, -0.2) is 0 Å². The molecule has 0 aromatic heterocycles. The van der Waals surface area contributed by atoms with E-state index in [0.29, 0.717) is 5.02 Å². The topological polar surface area (TPSA) is 36.8 Å².